The van der Waals surface area contributed by atoms with E-state index in [0.717, 1.165) is 33.3 Å². The molecule has 4 heterocycles. The van der Waals surface area contributed by atoms with Crippen LogP contribution in [0, 0.1) is 5.82 Å². The number of para-hydroxylation sites is 1. The highest BCUT2D eigenvalue weighted by molar-refractivity contribution is 5.96. The molecule has 7 aromatic rings. The maximum absolute atomic E-state index is 13.9. The van der Waals surface area contributed by atoms with E-state index in [1.165, 1.54) is 12.1 Å². The molecule has 7 rings (SSSR count). The molecular weight excluding hydrogens is 517 g/mol. The monoisotopic (exact) mass is 539 g/mol. The van der Waals surface area contributed by atoms with Crippen LogP contribution in [0.1, 0.15) is 5.56 Å². The third-order valence-corrected chi connectivity index (χ3v) is 6.81. The van der Waals surface area contributed by atoms with Crippen LogP contribution < -0.4 is 5.32 Å². The van der Waals surface area contributed by atoms with Gasteiger partial charge in [0.15, 0.2) is 11.5 Å². The van der Waals surface area contributed by atoms with Gasteiger partial charge in [-0.05, 0) is 47.5 Å². The zero-order chi connectivity index (χ0) is 27.8. The van der Waals surface area contributed by atoms with Crippen molar-refractivity contribution in [2.45, 2.75) is 6.42 Å². The molecule has 0 saturated heterocycles. The summed E-state index contributed by atoms with van der Waals surface area (Å²) >= 11 is 0. The van der Waals surface area contributed by atoms with E-state index in [9.17, 15) is 9.18 Å². The van der Waals surface area contributed by atoms with Crippen LogP contribution in [0.5, 0.6) is 0 Å². The van der Waals surface area contributed by atoms with Gasteiger partial charge in [0, 0.05) is 17.3 Å². The van der Waals surface area contributed by atoms with Crippen LogP contribution in [0.2, 0.25) is 0 Å². The van der Waals surface area contributed by atoms with Crippen molar-refractivity contribution in [2.24, 2.45) is 0 Å². The molecular formula is C32H22FN7O. The van der Waals surface area contributed by atoms with Gasteiger partial charge in [-0.1, -0.05) is 54.6 Å². The topological polar surface area (TPSA) is 112 Å². The Labute approximate surface area is 233 Å². The van der Waals surface area contributed by atoms with Gasteiger partial charge in [-0.15, -0.1) is 0 Å². The van der Waals surface area contributed by atoms with Gasteiger partial charge in [0.05, 0.1) is 40.5 Å². The van der Waals surface area contributed by atoms with Crippen LogP contribution in [0.15, 0.2) is 103 Å². The predicted molar refractivity (Wildman–Crippen MR) is 156 cm³/mol. The van der Waals surface area contributed by atoms with Gasteiger partial charge in [-0.25, -0.2) is 14.4 Å². The van der Waals surface area contributed by atoms with Gasteiger partial charge >= 0.3 is 0 Å². The number of aromatic nitrogens is 6. The van der Waals surface area contributed by atoms with Crippen molar-refractivity contribution < 1.29 is 9.18 Å². The lowest BCUT2D eigenvalue weighted by atomic mass is 10.0. The molecule has 0 bridgehead atoms. The Morgan fingerprint density at radius 2 is 1.68 bits per heavy atom. The van der Waals surface area contributed by atoms with Crippen LogP contribution in [0.25, 0.3) is 56.0 Å². The minimum absolute atomic E-state index is 0.127. The van der Waals surface area contributed by atoms with E-state index in [-0.39, 0.29) is 18.1 Å². The Kier molecular flexibility index (Phi) is 6.01. The number of benzene rings is 3. The normalized spacial score (nSPS) is 11.2. The van der Waals surface area contributed by atoms with Gasteiger partial charge in [-0.2, -0.15) is 5.10 Å². The second-order valence-electron chi connectivity index (χ2n) is 9.64. The Hall–Kier alpha value is -5.70. The molecule has 198 valence electrons. The summed E-state index contributed by atoms with van der Waals surface area (Å²) in [5, 5.41) is 10.4. The number of hydrogen-bond acceptors (Lipinski definition) is 5. The number of hydrogen-bond donors (Lipinski definition) is 3. The fourth-order valence-electron chi connectivity index (χ4n) is 4.89. The molecule has 3 aromatic carbocycles. The van der Waals surface area contributed by atoms with E-state index in [4.69, 9.17) is 9.97 Å². The van der Waals surface area contributed by atoms with E-state index in [1.54, 1.807) is 18.5 Å². The summed E-state index contributed by atoms with van der Waals surface area (Å²) in [6.07, 6.45) is 3.58. The number of H-pyrrole nitrogens is 2. The number of rotatable bonds is 6. The lowest BCUT2D eigenvalue weighted by Crippen LogP contribution is -2.14. The summed E-state index contributed by atoms with van der Waals surface area (Å²) in [5.41, 5.74) is 7.94. The molecule has 4 aromatic heterocycles. The van der Waals surface area contributed by atoms with Crippen LogP contribution in [0.3, 0.4) is 0 Å². The zero-order valence-corrected chi connectivity index (χ0v) is 21.6. The van der Waals surface area contributed by atoms with Crippen molar-refractivity contribution in [1.82, 2.24) is 30.1 Å². The zero-order valence-electron chi connectivity index (χ0n) is 21.6. The van der Waals surface area contributed by atoms with Crippen molar-refractivity contribution in [1.29, 1.82) is 0 Å². The molecule has 8 nitrogen and oxygen atoms in total. The fraction of sp³-hybridized carbons (Fsp3) is 0.0312. The number of carbonyl (C=O) groups is 1. The van der Waals surface area contributed by atoms with Crippen LogP contribution in [-0.2, 0) is 11.2 Å². The molecule has 0 aliphatic heterocycles. The summed E-state index contributed by atoms with van der Waals surface area (Å²) in [6.45, 7) is 0. The highest BCUT2D eigenvalue weighted by Crippen LogP contribution is 2.32. The Morgan fingerprint density at radius 1 is 0.805 bits per heavy atom. The molecule has 9 heteroatoms. The number of amides is 1. The van der Waals surface area contributed by atoms with Crippen molar-refractivity contribution in [2.75, 3.05) is 5.32 Å². The first kappa shape index (κ1) is 24.3. The molecule has 0 fully saturated rings. The van der Waals surface area contributed by atoms with E-state index >= 15 is 0 Å². The second kappa shape index (κ2) is 10.1. The largest absolute Gasteiger partial charge is 0.336 e. The first-order chi connectivity index (χ1) is 20.1. The maximum atomic E-state index is 13.9. The molecule has 0 atom stereocenters. The number of halogens is 1. The summed E-state index contributed by atoms with van der Waals surface area (Å²) in [7, 11) is 0. The number of carbonyl (C=O) groups excluding carboxylic acids is 1. The Bertz CT molecular complexity index is 2050. The number of pyridine rings is 2. The average molecular weight is 540 g/mol. The standard InChI is InChI=1S/C32H22FN7O/c33-22-9-4-8-20(15-22)24-10-5-11-26-29(24)38-32(37-26)31-30-27(39-40-31)13-12-25(36-30)21-16-23(18-34-17-21)35-28(41)14-19-6-2-1-3-7-19/h1-13,15-18H,14H2,(H,35,41)(H,37,38)(H,39,40). The SMILES string of the molecule is O=C(Cc1ccccc1)Nc1cncc(-c2ccc3[nH]nc(-c4nc5c(-c6cccc(F)c6)cccc5[nH]4)c3n2)c1. The molecule has 0 saturated carbocycles. The highest BCUT2D eigenvalue weighted by atomic mass is 19.1. The van der Waals surface area contributed by atoms with E-state index in [0.29, 0.717) is 33.9 Å². The highest BCUT2D eigenvalue weighted by Gasteiger charge is 2.17. The van der Waals surface area contributed by atoms with Crippen molar-refractivity contribution >= 4 is 33.7 Å². The van der Waals surface area contributed by atoms with Gasteiger partial charge in [0.2, 0.25) is 5.91 Å². The molecule has 0 spiro atoms. The van der Waals surface area contributed by atoms with E-state index in [2.05, 4.69) is 25.5 Å². The summed E-state index contributed by atoms with van der Waals surface area (Å²) in [6, 6.07) is 27.4. The number of nitrogens with zero attached hydrogens (tertiary/aromatic N) is 4. The first-order valence-electron chi connectivity index (χ1n) is 13.0. The van der Waals surface area contributed by atoms with E-state index in [1.807, 2.05) is 72.8 Å². The Balaban J connectivity index is 1.21. The quantitative estimate of drug-likeness (QED) is 0.222. The predicted octanol–water partition coefficient (Wildman–Crippen LogP) is 6.55. The number of anilines is 1. The van der Waals surface area contributed by atoms with Crippen LogP contribution >= 0.6 is 0 Å². The van der Waals surface area contributed by atoms with Gasteiger partial charge in [-0.3, -0.25) is 14.9 Å². The fourth-order valence-corrected chi connectivity index (χ4v) is 4.89. The minimum atomic E-state index is -0.306. The van der Waals surface area contributed by atoms with E-state index < -0.39 is 0 Å². The minimum Gasteiger partial charge on any atom is -0.336 e. The lowest BCUT2D eigenvalue weighted by Gasteiger charge is -2.07. The summed E-state index contributed by atoms with van der Waals surface area (Å²) in [5.74, 6) is 0.109. The molecule has 41 heavy (non-hydrogen) atoms. The Morgan fingerprint density at radius 3 is 2.56 bits per heavy atom. The number of imidazole rings is 1. The first-order valence-corrected chi connectivity index (χ1v) is 13.0. The van der Waals surface area contributed by atoms with Gasteiger partial charge < -0.3 is 10.3 Å². The van der Waals surface area contributed by atoms with Crippen molar-refractivity contribution in [3.05, 3.63) is 115 Å². The summed E-state index contributed by atoms with van der Waals surface area (Å²) < 4.78 is 13.9. The van der Waals surface area contributed by atoms with Crippen LogP contribution in [-0.4, -0.2) is 36.0 Å². The lowest BCUT2D eigenvalue weighted by molar-refractivity contribution is -0.115. The third-order valence-electron chi connectivity index (χ3n) is 6.81. The molecule has 0 aliphatic rings. The van der Waals surface area contributed by atoms with Gasteiger partial charge in [0.1, 0.15) is 11.3 Å². The second-order valence-corrected chi connectivity index (χ2v) is 9.64. The average Bonchev–Trinajstić information content (AvgIpc) is 3.61. The van der Waals surface area contributed by atoms with Crippen molar-refractivity contribution in [3.8, 4) is 33.9 Å². The smallest absolute Gasteiger partial charge is 0.228 e. The number of aromatic amines is 2. The van der Waals surface area contributed by atoms with Crippen LogP contribution in [0.4, 0.5) is 10.1 Å². The van der Waals surface area contributed by atoms with Gasteiger partial charge in [0.25, 0.3) is 0 Å². The number of fused-ring (bicyclic) bond motifs is 2. The van der Waals surface area contributed by atoms with Crippen molar-refractivity contribution in [3.63, 3.8) is 0 Å². The maximum Gasteiger partial charge on any atom is 0.228 e. The molecule has 0 radical (unpaired) electrons. The molecule has 3 N–H and O–H groups in total. The molecule has 0 unspecified atom stereocenters. The molecule has 1 amide bonds. The molecule has 0 aliphatic carbocycles. The summed E-state index contributed by atoms with van der Waals surface area (Å²) in [4.78, 5) is 29.9. The number of nitrogens with one attached hydrogen (secondary N) is 3. The third kappa shape index (κ3) is 4.80.